The van der Waals surface area contributed by atoms with Crippen LogP contribution in [0, 0.1) is 11.3 Å². The molecule has 2 aromatic carbocycles. The van der Waals surface area contributed by atoms with Crippen molar-refractivity contribution < 1.29 is 23.4 Å². The maximum absolute atomic E-state index is 12.3. The lowest BCUT2D eigenvalue weighted by Crippen LogP contribution is -2.36. The second-order valence-corrected chi connectivity index (χ2v) is 11.4. The van der Waals surface area contributed by atoms with Gasteiger partial charge in [0.15, 0.2) is 6.29 Å². The summed E-state index contributed by atoms with van der Waals surface area (Å²) in [5.41, 5.74) is 3.92. The number of nitrogens with zero attached hydrogens (tertiary/aromatic N) is 3. The van der Waals surface area contributed by atoms with Crippen molar-refractivity contribution in [3.8, 4) is 33.0 Å². The molecule has 0 saturated carbocycles. The van der Waals surface area contributed by atoms with E-state index >= 15 is 0 Å². The minimum atomic E-state index is -3.86. The van der Waals surface area contributed by atoms with Crippen LogP contribution in [0.15, 0.2) is 36.4 Å². The van der Waals surface area contributed by atoms with Crippen LogP contribution in [-0.4, -0.2) is 47.0 Å². The Morgan fingerprint density at radius 2 is 2.00 bits per heavy atom. The zero-order valence-corrected chi connectivity index (χ0v) is 20.9. The molecule has 1 aliphatic carbocycles. The SMILES string of the molecule is CC(C)Oc1ccc(-c2nnc(-c3cccc4c3CCC[C@@H]4NS(=O)(=O)CC(O)O)s2)cc1C#N. The maximum atomic E-state index is 12.3. The number of aromatic nitrogens is 2. The summed E-state index contributed by atoms with van der Waals surface area (Å²) in [6, 6.07) is 12.7. The molecule has 1 aliphatic rings. The van der Waals surface area contributed by atoms with E-state index in [0.29, 0.717) is 27.7 Å². The van der Waals surface area contributed by atoms with E-state index in [2.05, 4.69) is 21.0 Å². The smallest absolute Gasteiger partial charge is 0.217 e. The van der Waals surface area contributed by atoms with E-state index in [1.807, 2.05) is 38.1 Å². The highest BCUT2D eigenvalue weighted by Gasteiger charge is 2.28. The molecule has 1 heterocycles. The Balaban J connectivity index is 1.64. The van der Waals surface area contributed by atoms with Crippen LogP contribution in [0.25, 0.3) is 21.1 Å². The van der Waals surface area contributed by atoms with Crippen LogP contribution in [0.4, 0.5) is 0 Å². The van der Waals surface area contributed by atoms with Gasteiger partial charge in [0.05, 0.1) is 11.7 Å². The quantitative estimate of drug-likeness (QED) is 0.389. The molecule has 1 aromatic heterocycles. The van der Waals surface area contributed by atoms with Crippen molar-refractivity contribution in [2.75, 3.05) is 5.75 Å². The molecule has 0 saturated heterocycles. The number of fused-ring (bicyclic) bond motifs is 1. The number of sulfonamides is 1. The first-order valence-electron chi connectivity index (χ1n) is 11.2. The summed E-state index contributed by atoms with van der Waals surface area (Å²) in [6.07, 6.45) is 0.163. The minimum absolute atomic E-state index is 0.0488. The molecule has 0 aliphatic heterocycles. The van der Waals surface area contributed by atoms with Gasteiger partial charge in [0.25, 0.3) is 0 Å². The van der Waals surface area contributed by atoms with E-state index in [1.54, 1.807) is 12.1 Å². The fraction of sp³-hybridized carbons (Fsp3) is 0.375. The number of hydrogen-bond donors (Lipinski definition) is 3. The maximum Gasteiger partial charge on any atom is 0.217 e. The summed E-state index contributed by atoms with van der Waals surface area (Å²) >= 11 is 1.40. The van der Waals surface area contributed by atoms with Crippen molar-refractivity contribution in [2.45, 2.75) is 51.5 Å². The second kappa shape index (κ2) is 10.4. The van der Waals surface area contributed by atoms with Crippen LogP contribution in [0.3, 0.4) is 0 Å². The highest BCUT2D eigenvalue weighted by molar-refractivity contribution is 7.89. The third kappa shape index (κ3) is 5.86. The van der Waals surface area contributed by atoms with E-state index in [1.165, 1.54) is 11.3 Å². The van der Waals surface area contributed by atoms with Gasteiger partial charge in [0.1, 0.15) is 27.6 Å². The Hall–Kier alpha value is -2.88. The van der Waals surface area contributed by atoms with Gasteiger partial charge >= 0.3 is 0 Å². The van der Waals surface area contributed by atoms with E-state index in [4.69, 9.17) is 14.9 Å². The molecule has 0 fully saturated rings. The van der Waals surface area contributed by atoms with E-state index in [9.17, 15) is 13.7 Å². The Kier molecular flexibility index (Phi) is 7.49. The van der Waals surface area contributed by atoms with Crippen LogP contribution >= 0.6 is 11.3 Å². The monoisotopic (exact) mass is 514 g/mol. The number of rotatable bonds is 8. The summed E-state index contributed by atoms with van der Waals surface area (Å²) in [5, 5.41) is 37.8. The first-order chi connectivity index (χ1) is 16.7. The van der Waals surface area contributed by atoms with Crippen LogP contribution in [0.1, 0.15) is 49.4 Å². The molecule has 0 amide bonds. The lowest BCUT2D eigenvalue weighted by atomic mass is 9.85. The number of nitriles is 1. The van der Waals surface area contributed by atoms with Gasteiger partial charge in [-0.1, -0.05) is 29.5 Å². The van der Waals surface area contributed by atoms with Crippen molar-refractivity contribution in [3.63, 3.8) is 0 Å². The second-order valence-electron chi connectivity index (χ2n) is 8.60. The molecule has 9 nitrogen and oxygen atoms in total. The van der Waals surface area contributed by atoms with Gasteiger partial charge in [-0.05, 0) is 62.4 Å². The average molecular weight is 515 g/mol. The van der Waals surface area contributed by atoms with Crippen molar-refractivity contribution >= 4 is 21.4 Å². The van der Waals surface area contributed by atoms with Crippen LogP contribution in [-0.2, 0) is 16.4 Å². The van der Waals surface area contributed by atoms with Gasteiger partial charge in [-0.2, -0.15) is 5.26 Å². The molecule has 11 heteroatoms. The molecule has 0 unspecified atom stereocenters. The van der Waals surface area contributed by atoms with Crippen molar-refractivity contribution in [2.24, 2.45) is 0 Å². The lowest BCUT2D eigenvalue weighted by molar-refractivity contribution is -0.0200. The predicted molar refractivity (Wildman–Crippen MR) is 132 cm³/mol. The van der Waals surface area contributed by atoms with E-state index in [-0.39, 0.29) is 6.10 Å². The summed E-state index contributed by atoms with van der Waals surface area (Å²) < 4.78 is 32.9. The molecule has 1 atom stereocenters. The van der Waals surface area contributed by atoms with E-state index < -0.39 is 28.1 Å². The molecule has 0 bridgehead atoms. The lowest BCUT2D eigenvalue weighted by Gasteiger charge is -2.27. The normalized spacial score (nSPS) is 15.7. The molecule has 4 rings (SSSR count). The predicted octanol–water partition coefficient (Wildman–Crippen LogP) is 3.14. The summed E-state index contributed by atoms with van der Waals surface area (Å²) in [4.78, 5) is 0. The zero-order valence-electron chi connectivity index (χ0n) is 19.3. The molecule has 35 heavy (non-hydrogen) atoms. The van der Waals surface area contributed by atoms with Crippen LogP contribution in [0.5, 0.6) is 5.75 Å². The van der Waals surface area contributed by atoms with Crippen LogP contribution < -0.4 is 9.46 Å². The van der Waals surface area contributed by atoms with Gasteiger partial charge in [-0.15, -0.1) is 10.2 Å². The summed E-state index contributed by atoms with van der Waals surface area (Å²) in [6.45, 7) is 3.80. The minimum Gasteiger partial charge on any atom is -0.490 e. The number of aliphatic hydroxyl groups excluding tert-OH is 1. The number of aliphatic hydroxyl groups is 2. The molecule has 184 valence electrons. The first-order valence-corrected chi connectivity index (χ1v) is 13.7. The fourth-order valence-corrected chi connectivity index (χ4v) is 6.25. The first kappa shape index (κ1) is 25.2. The molecular formula is C24H26N4O5S2. The van der Waals surface area contributed by atoms with E-state index in [0.717, 1.165) is 35.1 Å². The highest BCUT2D eigenvalue weighted by Crippen LogP contribution is 2.39. The Bertz CT molecular complexity index is 1360. The van der Waals surface area contributed by atoms with Gasteiger partial charge in [-0.25, -0.2) is 13.1 Å². The number of hydrogen-bond acceptors (Lipinski definition) is 9. The van der Waals surface area contributed by atoms with Gasteiger partial charge in [0.2, 0.25) is 10.0 Å². The Labute approximate surface area is 208 Å². The fourth-order valence-electron chi connectivity index (χ4n) is 4.19. The average Bonchev–Trinajstić information content (AvgIpc) is 3.28. The molecule has 3 N–H and O–H groups in total. The molecule has 0 radical (unpaired) electrons. The zero-order chi connectivity index (χ0) is 25.2. The van der Waals surface area contributed by atoms with Gasteiger partial charge in [-0.3, -0.25) is 0 Å². The van der Waals surface area contributed by atoms with Gasteiger partial charge in [0, 0.05) is 17.2 Å². The molecule has 3 aromatic rings. The third-order valence-corrected chi connectivity index (χ3v) is 7.95. The van der Waals surface area contributed by atoms with Crippen molar-refractivity contribution in [3.05, 3.63) is 53.1 Å². The largest absolute Gasteiger partial charge is 0.490 e. The van der Waals surface area contributed by atoms with Gasteiger partial charge < -0.3 is 14.9 Å². The number of nitrogens with one attached hydrogen (secondary N) is 1. The highest BCUT2D eigenvalue weighted by atomic mass is 32.2. The van der Waals surface area contributed by atoms with Crippen LogP contribution in [0.2, 0.25) is 0 Å². The topological polar surface area (TPSA) is 145 Å². The Morgan fingerprint density at radius 1 is 1.23 bits per heavy atom. The summed E-state index contributed by atoms with van der Waals surface area (Å²) in [7, 11) is -3.86. The van der Waals surface area contributed by atoms with Crippen molar-refractivity contribution in [1.29, 1.82) is 5.26 Å². The Morgan fingerprint density at radius 3 is 2.71 bits per heavy atom. The third-order valence-electron chi connectivity index (χ3n) is 5.56. The van der Waals surface area contributed by atoms with Crippen molar-refractivity contribution in [1.82, 2.24) is 14.9 Å². The molecule has 0 spiro atoms. The number of ether oxygens (including phenoxy) is 1. The summed E-state index contributed by atoms with van der Waals surface area (Å²) in [5.74, 6) is -0.250. The number of benzene rings is 2. The standard InChI is InChI=1S/C24H26N4O5S2/c1-14(2)33-21-10-9-15(11-16(21)12-25)23-26-27-24(34-23)19-7-3-6-18-17(19)5-4-8-20(18)28-35(31,32)13-22(29)30/h3,6-7,9-11,14,20,22,28-30H,4-5,8,13H2,1-2H3/t20-/m0/s1. The molecular weight excluding hydrogens is 488 g/mol.